The molecule has 1 aliphatic rings. The van der Waals surface area contributed by atoms with Crippen molar-refractivity contribution in [3.63, 3.8) is 0 Å². The van der Waals surface area contributed by atoms with Gasteiger partial charge < -0.3 is 5.32 Å². The van der Waals surface area contributed by atoms with Crippen LogP contribution in [0.15, 0.2) is 0 Å². The molecule has 2 rings (SSSR count). The summed E-state index contributed by atoms with van der Waals surface area (Å²) in [6, 6.07) is 0. The Morgan fingerprint density at radius 1 is 1.53 bits per heavy atom. The SMILES string of the molecule is CCCn1nnc(CC2CCCNC2)n1. The minimum Gasteiger partial charge on any atom is -0.316 e. The number of aromatic nitrogens is 4. The van der Waals surface area contributed by atoms with Crippen molar-refractivity contribution in [2.45, 2.75) is 39.2 Å². The highest BCUT2D eigenvalue weighted by Crippen LogP contribution is 2.13. The van der Waals surface area contributed by atoms with Gasteiger partial charge in [-0.2, -0.15) is 4.80 Å². The zero-order valence-corrected chi connectivity index (χ0v) is 9.32. The molecule has 1 aromatic rings. The van der Waals surface area contributed by atoms with Crippen LogP contribution < -0.4 is 5.32 Å². The molecule has 15 heavy (non-hydrogen) atoms. The lowest BCUT2D eigenvalue weighted by Crippen LogP contribution is -2.31. The molecule has 5 heteroatoms. The van der Waals surface area contributed by atoms with Crippen LogP contribution in [0.2, 0.25) is 0 Å². The molecule has 1 fully saturated rings. The fourth-order valence-corrected chi connectivity index (χ4v) is 2.01. The molecule has 0 saturated carbocycles. The van der Waals surface area contributed by atoms with Gasteiger partial charge in [0.2, 0.25) is 0 Å². The standard InChI is InChI=1S/C10H19N5/c1-2-6-15-13-10(12-14-15)7-9-4-3-5-11-8-9/h9,11H,2-8H2,1H3. The maximum absolute atomic E-state index is 4.36. The van der Waals surface area contributed by atoms with E-state index < -0.39 is 0 Å². The Kier molecular flexibility index (Phi) is 3.66. The molecular formula is C10H19N5. The minimum absolute atomic E-state index is 0.693. The highest BCUT2D eigenvalue weighted by Gasteiger charge is 2.15. The zero-order chi connectivity index (χ0) is 10.5. The first-order valence-electron chi connectivity index (χ1n) is 5.86. The van der Waals surface area contributed by atoms with Crippen LogP contribution in [0, 0.1) is 5.92 Å². The molecule has 0 aromatic carbocycles. The number of aryl methyl sites for hydroxylation is 1. The Labute approximate surface area is 90.2 Å². The number of hydrogen-bond acceptors (Lipinski definition) is 4. The largest absolute Gasteiger partial charge is 0.316 e. The summed E-state index contributed by atoms with van der Waals surface area (Å²) in [4.78, 5) is 1.70. The first kappa shape index (κ1) is 10.5. The predicted molar refractivity (Wildman–Crippen MR) is 57.4 cm³/mol. The quantitative estimate of drug-likeness (QED) is 0.790. The first-order chi connectivity index (χ1) is 7.38. The Morgan fingerprint density at radius 3 is 3.20 bits per heavy atom. The van der Waals surface area contributed by atoms with Crippen LogP contribution in [0.5, 0.6) is 0 Å². The number of piperidine rings is 1. The second-order valence-corrected chi connectivity index (χ2v) is 4.22. The number of nitrogens with one attached hydrogen (secondary N) is 1. The highest BCUT2D eigenvalue weighted by molar-refractivity contribution is 4.83. The lowest BCUT2D eigenvalue weighted by Gasteiger charge is -2.20. The van der Waals surface area contributed by atoms with Crippen LogP contribution in [-0.2, 0) is 13.0 Å². The normalized spacial score (nSPS) is 21.8. The van der Waals surface area contributed by atoms with E-state index in [2.05, 4.69) is 27.7 Å². The van der Waals surface area contributed by atoms with Crippen LogP contribution in [0.3, 0.4) is 0 Å². The van der Waals surface area contributed by atoms with Crippen molar-refractivity contribution in [3.05, 3.63) is 5.82 Å². The lowest BCUT2D eigenvalue weighted by molar-refractivity contribution is 0.370. The van der Waals surface area contributed by atoms with Crippen LogP contribution in [0.25, 0.3) is 0 Å². The van der Waals surface area contributed by atoms with Crippen molar-refractivity contribution in [2.75, 3.05) is 13.1 Å². The molecule has 2 heterocycles. The van der Waals surface area contributed by atoms with E-state index in [4.69, 9.17) is 0 Å². The van der Waals surface area contributed by atoms with Gasteiger partial charge in [-0.05, 0) is 43.5 Å². The van der Waals surface area contributed by atoms with Gasteiger partial charge in [-0.15, -0.1) is 10.2 Å². The summed E-state index contributed by atoms with van der Waals surface area (Å²) in [6.07, 6.45) is 4.58. The van der Waals surface area contributed by atoms with Gasteiger partial charge >= 0.3 is 0 Å². The molecule has 84 valence electrons. The van der Waals surface area contributed by atoms with E-state index in [9.17, 15) is 0 Å². The van der Waals surface area contributed by atoms with E-state index in [0.717, 1.165) is 38.3 Å². The summed E-state index contributed by atoms with van der Waals surface area (Å²) in [5.74, 6) is 1.59. The minimum atomic E-state index is 0.693. The Morgan fingerprint density at radius 2 is 2.47 bits per heavy atom. The highest BCUT2D eigenvalue weighted by atomic mass is 15.6. The number of nitrogens with zero attached hydrogens (tertiary/aromatic N) is 4. The number of tetrazole rings is 1. The summed E-state index contributed by atoms with van der Waals surface area (Å²) in [7, 11) is 0. The third-order valence-corrected chi connectivity index (χ3v) is 2.79. The average molecular weight is 209 g/mol. The smallest absolute Gasteiger partial charge is 0.175 e. The zero-order valence-electron chi connectivity index (χ0n) is 9.32. The van der Waals surface area contributed by atoms with Gasteiger partial charge in [-0.3, -0.25) is 0 Å². The lowest BCUT2D eigenvalue weighted by atomic mass is 9.96. The van der Waals surface area contributed by atoms with Crippen molar-refractivity contribution < 1.29 is 0 Å². The van der Waals surface area contributed by atoms with Crippen molar-refractivity contribution in [3.8, 4) is 0 Å². The summed E-state index contributed by atoms with van der Waals surface area (Å²) in [5.41, 5.74) is 0. The van der Waals surface area contributed by atoms with Crippen LogP contribution in [0.1, 0.15) is 32.0 Å². The monoisotopic (exact) mass is 209 g/mol. The first-order valence-corrected chi connectivity index (χ1v) is 5.86. The van der Waals surface area contributed by atoms with Crippen molar-refractivity contribution in [1.82, 2.24) is 25.5 Å². The Hall–Kier alpha value is -0.970. The molecule has 0 radical (unpaired) electrons. The summed E-state index contributed by atoms with van der Waals surface area (Å²) >= 11 is 0. The van der Waals surface area contributed by atoms with E-state index in [1.807, 2.05) is 0 Å². The number of rotatable bonds is 4. The Bertz CT molecular complexity index is 290. The van der Waals surface area contributed by atoms with Gasteiger partial charge in [0.15, 0.2) is 5.82 Å². The van der Waals surface area contributed by atoms with Crippen LogP contribution in [-0.4, -0.2) is 33.3 Å². The summed E-state index contributed by atoms with van der Waals surface area (Å²) in [6.45, 7) is 5.25. The topological polar surface area (TPSA) is 55.6 Å². The average Bonchev–Trinajstić information content (AvgIpc) is 2.68. The van der Waals surface area contributed by atoms with E-state index >= 15 is 0 Å². The van der Waals surface area contributed by atoms with Gasteiger partial charge in [-0.1, -0.05) is 6.92 Å². The predicted octanol–water partition coefficient (Wildman–Crippen LogP) is 0.625. The molecule has 5 nitrogen and oxygen atoms in total. The molecule has 0 bridgehead atoms. The van der Waals surface area contributed by atoms with Gasteiger partial charge in [0.1, 0.15) is 0 Å². The molecule has 0 amide bonds. The van der Waals surface area contributed by atoms with Gasteiger partial charge in [0.25, 0.3) is 0 Å². The van der Waals surface area contributed by atoms with Gasteiger partial charge in [0, 0.05) is 6.42 Å². The molecular weight excluding hydrogens is 190 g/mol. The van der Waals surface area contributed by atoms with E-state index in [1.54, 1.807) is 4.80 Å². The Balaban J connectivity index is 1.86. The van der Waals surface area contributed by atoms with Crippen LogP contribution >= 0.6 is 0 Å². The molecule has 0 spiro atoms. The summed E-state index contributed by atoms with van der Waals surface area (Å²) in [5, 5.41) is 15.9. The fourth-order valence-electron chi connectivity index (χ4n) is 2.01. The molecule has 1 saturated heterocycles. The molecule has 1 atom stereocenters. The van der Waals surface area contributed by atoms with Gasteiger partial charge in [-0.25, -0.2) is 0 Å². The third-order valence-electron chi connectivity index (χ3n) is 2.79. The van der Waals surface area contributed by atoms with Gasteiger partial charge in [0.05, 0.1) is 6.54 Å². The fraction of sp³-hybridized carbons (Fsp3) is 0.900. The molecule has 0 aliphatic carbocycles. The maximum atomic E-state index is 4.36. The molecule has 1 N–H and O–H groups in total. The molecule has 1 aliphatic heterocycles. The van der Waals surface area contributed by atoms with Crippen molar-refractivity contribution >= 4 is 0 Å². The summed E-state index contributed by atoms with van der Waals surface area (Å²) < 4.78 is 0. The maximum Gasteiger partial charge on any atom is 0.175 e. The van der Waals surface area contributed by atoms with Crippen LogP contribution in [0.4, 0.5) is 0 Å². The number of hydrogen-bond donors (Lipinski definition) is 1. The second-order valence-electron chi connectivity index (χ2n) is 4.22. The molecule has 1 unspecified atom stereocenters. The van der Waals surface area contributed by atoms with E-state index in [-0.39, 0.29) is 0 Å². The van der Waals surface area contributed by atoms with Crippen molar-refractivity contribution in [2.24, 2.45) is 5.92 Å². The van der Waals surface area contributed by atoms with E-state index in [1.165, 1.54) is 12.8 Å². The molecule has 1 aromatic heterocycles. The van der Waals surface area contributed by atoms with Crippen molar-refractivity contribution in [1.29, 1.82) is 0 Å². The second kappa shape index (κ2) is 5.21. The third kappa shape index (κ3) is 2.99. The van der Waals surface area contributed by atoms with E-state index in [0.29, 0.717) is 5.92 Å².